The average molecular weight is 402 g/mol. The molecule has 1 saturated carbocycles. The van der Waals surface area contributed by atoms with Gasteiger partial charge in [-0.3, -0.25) is 0 Å². The van der Waals surface area contributed by atoms with E-state index in [1.54, 1.807) is 0 Å². The standard InChI is InChI=1S/C25H26F4/c1-2-3-4-5-15-6-8-20-16(10-15)7-9-21-22(20)14-23(28)24(25(21)29)17-11-18(26)13-19(27)12-17/h2-3,11-16,20H,4-10H2,1H3/b3-2+. The fourth-order valence-electron chi connectivity index (χ4n) is 5.41. The van der Waals surface area contributed by atoms with Gasteiger partial charge in [-0.1, -0.05) is 12.2 Å². The molecular weight excluding hydrogens is 376 g/mol. The summed E-state index contributed by atoms with van der Waals surface area (Å²) in [7, 11) is 0. The molecule has 0 radical (unpaired) electrons. The van der Waals surface area contributed by atoms with Crippen molar-refractivity contribution in [2.45, 2.75) is 57.8 Å². The molecule has 0 amide bonds. The van der Waals surface area contributed by atoms with Crippen LogP contribution in [0.1, 0.15) is 62.5 Å². The molecule has 0 aromatic heterocycles. The third-order valence-corrected chi connectivity index (χ3v) is 6.74. The van der Waals surface area contributed by atoms with Gasteiger partial charge < -0.3 is 0 Å². The maximum Gasteiger partial charge on any atom is 0.137 e. The van der Waals surface area contributed by atoms with Crippen molar-refractivity contribution in [1.29, 1.82) is 0 Å². The second kappa shape index (κ2) is 8.33. The summed E-state index contributed by atoms with van der Waals surface area (Å²) >= 11 is 0. The van der Waals surface area contributed by atoms with Crippen LogP contribution in [-0.4, -0.2) is 0 Å². The van der Waals surface area contributed by atoms with E-state index >= 15 is 4.39 Å². The molecule has 4 heteroatoms. The Kier molecular flexibility index (Phi) is 5.80. The molecule has 2 aromatic carbocycles. The molecule has 0 saturated heterocycles. The van der Waals surface area contributed by atoms with Gasteiger partial charge in [0.1, 0.15) is 23.3 Å². The van der Waals surface area contributed by atoms with Gasteiger partial charge in [-0.2, -0.15) is 0 Å². The Morgan fingerprint density at radius 1 is 0.966 bits per heavy atom. The Morgan fingerprint density at radius 2 is 1.72 bits per heavy atom. The monoisotopic (exact) mass is 402 g/mol. The van der Waals surface area contributed by atoms with E-state index in [4.69, 9.17) is 0 Å². The Hall–Kier alpha value is -2.10. The van der Waals surface area contributed by atoms with Gasteiger partial charge in [-0.25, -0.2) is 17.6 Å². The van der Waals surface area contributed by atoms with E-state index in [2.05, 4.69) is 12.2 Å². The van der Waals surface area contributed by atoms with Crippen LogP contribution in [0.15, 0.2) is 36.4 Å². The summed E-state index contributed by atoms with van der Waals surface area (Å²) < 4.78 is 57.4. The highest BCUT2D eigenvalue weighted by molar-refractivity contribution is 5.67. The lowest BCUT2D eigenvalue weighted by atomic mass is 9.64. The maximum atomic E-state index is 15.3. The van der Waals surface area contributed by atoms with Gasteiger partial charge in [0, 0.05) is 6.07 Å². The van der Waals surface area contributed by atoms with Crippen molar-refractivity contribution >= 4 is 0 Å². The molecule has 2 aliphatic rings. The number of hydrogen-bond donors (Lipinski definition) is 0. The minimum atomic E-state index is -0.840. The zero-order valence-corrected chi connectivity index (χ0v) is 16.7. The lowest BCUT2D eigenvalue weighted by molar-refractivity contribution is 0.201. The highest BCUT2D eigenvalue weighted by atomic mass is 19.1. The van der Waals surface area contributed by atoms with Crippen molar-refractivity contribution < 1.29 is 17.6 Å². The van der Waals surface area contributed by atoms with E-state index in [9.17, 15) is 13.2 Å². The van der Waals surface area contributed by atoms with Gasteiger partial charge in [0.05, 0.1) is 5.56 Å². The Bertz CT molecular complexity index is 911. The Balaban J connectivity index is 1.64. The van der Waals surface area contributed by atoms with E-state index < -0.39 is 23.3 Å². The minimum Gasteiger partial charge on any atom is -0.207 e. The minimum absolute atomic E-state index is 0.0879. The second-order valence-corrected chi connectivity index (χ2v) is 8.50. The van der Waals surface area contributed by atoms with Crippen LogP contribution in [0.4, 0.5) is 17.6 Å². The van der Waals surface area contributed by atoms with Crippen molar-refractivity contribution in [1.82, 2.24) is 0 Å². The zero-order chi connectivity index (χ0) is 20.5. The largest absolute Gasteiger partial charge is 0.207 e. The van der Waals surface area contributed by atoms with Crippen LogP contribution in [0, 0.1) is 35.1 Å². The fraction of sp³-hybridized carbons (Fsp3) is 0.440. The molecule has 0 aliphatic heterocycles. The SMILES string of the molecule is C/C=C/CCC1CCC2c3cc(F)c(-c4cc(F)cc(F)c4)c(F)c3CCC2C1. The van der Waals surface area contributed by atoms with Crippen molar-refractivity contribution in [2.24, 2.45) is 11.8 Å². The summed E-state index contributed by atoms with van der Waals surface area (Å²) in [5.74, 6) is -1.75. The van der Waals surface area contributed by atoms with E-state index in [-0.39, 0.29) is 17.0 Å². The molecule has 154 valence electrons. The third kappa shape index (κ3) is 3.99. The molecule has 0 nitrogen and oxygen atoms in total. The molecule has 2 aliphatic carbocycles. The lowest BCUT2D eigenvalue weighted by Crippen LogP contribution is -2.29. The summed E-state index contributed by atoms with van der Waals surface area (Å²) in [4.78, 5) is 0. The van der Waals surface area contributed by atoms with E-state index in [1.807, 2.05) is 6.92 Å². The average Bonchev–Trinajstić information content (AvgIpc) is 2.67. The first-order valence-corrected chi connectivity index (χ1v) is 10.6. The predicted octanol–water partition coefficient (Wildman–Crippen LogP) is 7.71. The van der Waals surface area contributed by atoms with Crippen molar-refractivity contribution in [3.05, 3.63) is 70.8 Å². The smallest absolute Gasteiger partial charge is 0.137 e. The molecule has 0 N–H and O–H groups in total. The van der Waals surface area contributed by atoms with E-state index in [1.165, 1.54) is 12.5 Å². The van der Waals surface area contributed by atoms with Crippen LogP contribution in [0.2, 0.25) is 0 Å². The molecule has 0 bridgehead atoms. The molecule has 29 heavy (non-hydrogen) atoms. The first-order valence-electron chi connectivity index (χ1n) is 10.6. The topological polar surface area (TPSA) is 0 Å². The van der Waals surface area contributed by atoms with Crippen LogP contribution in [0.3, 0.4) is 0 Å². The molecular formula is C25H26F4. The number of allylic oxidation sites excluding steroid dienone is 2. The summed E-state index contributed by atoms with van der Waals surface area (Å²) in [6, 6.07) is 4.10. The quantitative estimate of drug-likeness (QED) is 0.363. The molecule has 0 heterocycles. The second-order valence-electron chi connectivity index (χ2n) is 8.50. The maximum absolute atomic E-state index is 15.3. The summed E-state index contributed by atoms with van der Waals surface area (Å²) in [5.41, 5.74) is 0.888. The Morgan fingerprint density at radius 3 is 2.45 bits per heavy atom. The molecule has 2 aromatic rings. The van der Waals surface area contributed by atoms with Crippen LogP contribution in [0.5, 0.6) is 0 Å². The predicted molar refractivity (Wildman–Crippen MR) is 108 cm³/mol. The zero-order valence-electron chi connectivity index (χ0n) is 16.7. The fourth-order valence-corrected chi connectivity index (χ4v) is 5.41. The van der Waals surface area contributed by atoms with Crippen molar-refractivity contribution in [3.8, 4) is 11.1 Å². The first kappa shape index (κ1) is 20.2. The lowest BCUT2D eigenvalue weighted by Gasteiger charge is -2.41. The van der Waals surface area contributed by atoms with E-state index in [0.717, 1.165) is 49.8 Å². The number of hydrogen-bond acceptors (Lipinski definition) is 0. The summed E-state index contributed by atoms with van der Waals surface area (Å²) in [5, 5.41) is 0. The number of benzene rings is 2. The van der Waals surface area contributed by atoms with Crippen molar-refractivity contribution in [3.63, 3.8) is 0 Å². The molecule has 3 atom stereocenters. The molecule has 0 spiro atoms. The van der Waals surface area contributed by atoms with Gasteiger partial charge in [0.15, 0.2) is 0 Å². The molecule has 1 fully saturated rings. The van der Waals surface area contributed by atoms with Crippen LogP contribution >= 0.6 is 0 Å². The third-order valence-electron chi connectivity index (χ3n) is 6.74. The van der Waals surface area contributed by atoms with Crippen LogP contribution < -0.4 is 0 Å². The van der Waals surface area contributed by atoms with Crippen LogP contribution in [-0.2, 0) is 6.42 Å². The number of fused-ring (bicyclic) bond motifs is 3. The van der Waals surface area contributed by atoms with Gasteiger partial charge in [-0.15, -0.1) is 0 Å². The van der Waals surface area contributed by atoms with Crippen molar-refractivity contribution in [2.75, 3.05) is 0 Å². The highest BCUT2D eigenvalue weighted by Crippen LogP contribution is 2.49. The van der Waals surface area contributed by atoms with Gasteiger partial charge in [0.25, 0.3) is 0 Å². The number of rotatable bonds is 4. The van der Waals surface area contributed by atoms with Gasteiger partial charge in [0.2, 0.25) is 0 Å². The van der Waals surface area contributed by atoms with Gasteiger partial charge in [-0.05, 0) is 105 Å². The first-order chi connectivity index (χ1) is 14.0. The normalized spacial score (nSPS) is 23.8. The van der Waals surface area contributed by atoms with Crippen LogP contribution in [0.25, 0.3) is 11.1 Å². The molecule has 3 unspecified atom stereocenters. The molecule has 4 rings (SSSR count). The highest BCUT2D eigenvalue weighted by Gasteiger charge is 2.37. The number of halogens is 4. The van der Waals surface area contributed by atoms with E-state index in [0.29, 0.717) is 29.9 Å². The summed E-state index contributed by atoms with van der Waals surface area (Å²) in [6.45, 7) is 2.03. The van der Waals surface area contributed by atoms with Gasteiger partial charge >= 0.3 is 0 Å². The summed E-state index contributed by atoms with van der Waals surface area (Å²) in [6.07, 6.45) is 11.1. The Labute approximate surface area is 169 Å².